The Labute approximate surface area is 103 Å². The van der Waals surface area contributed by atoms with Crippen LogP contribution in [-0.2, 0) is 4.79 Å². The monoisotopic (exact) mass is 272 g/mol. The van der Waals surface area contributed by atoms with Crippen molar-refractivity contribution in [1.82, 2.24) is 9.80 Å². The number of rotatable bonds is 3. The van der Waals surface area contributed by atoms with E-state index in [0.29, 0.717) is 38.5 Å². The van der Waals surface area contributed by atoms with Crippen LogP contribution in [0.25, 0.3) is 0 Å². The quantitative estimate of drug-likeness (QED) is 0.731. The van der Waals surface area contributed by atoms with Gasteiger partial charge in [-0.3, -0.25) is 4.79 Å². The molecule has 0 N–H and O–H groups in total. The van der Waals surface area contributed by atoms with Crippen LogP contribution in [0.4, 0.5) is 13.2 Å². The lowest BCUT2D eigenvalue weighted by Crippen LogP contribution is -2.37. The van der Waals surface area contributed by atoms with Gasteiger partial charge in [-0.25, -0.2) is 0 Å². The minimum atomic E-state index is -4.42. The van der Waals surface area contributed by atoms with Gasteiger partial charge in [0, 0.05) is 32.1 Å². The van der Waals surface area contributed by atoms with Gasteiger partial charge in [0.25, 0.3) is 0 Å². The molecule has 0 radical (unpaired) electrons. The smallest absolute Gasteiger partial charge is 0.341 e. The molecule has 7 heteroatoms. The number of amides is 1. The molecule has 1 saturated heterocycles. The molecule has 0 aromatic heterocycles. The van der Waals surface area contributed by atoms with Crippen LogP contribution in [0.3, 0.4) is 0 Å². The van der Waals surface area contributed by atoms with E-state index in [2.05, 4.69) is 4.90 Å². The minimum absolute atomic E-state index is 0.353. The van der Waals surface area contributed by atoms with E-state index in [0.717, 1.165) is 6.54 Å². The SMILES string of the molecule is O=C(CC(F)(F)F)N1CCCN(CCCl)CC1. The first-order valence-electron chi connectivity index (χ1n) is 5.55. The molecule has 3 nitrogen and oxygen atoms in total. The van der Waals surface area contributed by atoms with Crippen molar-refractivity contribution in [3.8, 4) is 0 Å². The molecule has 1 fully saturated rings. The zero-order valence-electron chi connectivity index (χ0n) is 9.47. The predicted molar refractivity (Wildman–Crippen MR) is 59.0 cm³/mol. The van der Waals surface area contributed by atoms with E-state index >= 15 is 0 Å². The maximum Gasteiger partial charge on any atom is 0.397 e. The molecule has 0 aliphatic carbocycles. The van der Waals surface area contributed by atoms with E-state index in [1.807, 2.05) is 0 Å². The second-order valence-electron chi connectivity index (χ2n) is 4.06. The zero-order valence-corrected chi connectivity index (χ0v) is 10.2. The average Bonchev–Trinajstić information content (AvgIpc) is 2.41. The molecule has 0 atom stereocenters. The zero-order chi connectivity index (χ0) is 12.9. The molecule has 0 bridgehead atoms. The van der Waals surface area contributed by atoms with Crippen LogP contribution < -0.4 is 0 Å². The number of alkyl halides is 4. The highest BCUT2D eigenvalue weighted by molar-refractivity contribution is 6.18. The van der Waals surface area contributed by atoms with Crippen LogP contribution >= 0.6 is 11.6 Å². The third kappa shape index (κ3) is 5.59. The number of carbonyl (C=O) groups is 1. The van der Waals surface area contributed by atoms with Crippen LogP contribution in [0.5, 0.6) is 0 Å². The first kappa shape index (κ1) is 14.6. The lowest BCUT2D eigenvalue weighted by atomic mass is 10.3. The Kier molecular flexibility index (Phi) is 5.52. The Balaban J connectivity index is 2.43. The standard InChI is InChI=1S/C10H16ClF3N2O/c11-2-5-15-3-1-4-16(7-6-15)9(17)8-10(12,13)14/h1-8H2. The maximum absolute atomic E-state index is 12.1. The Morgan fingerprint density at radius 2 is 1.88 bits per heavy atom. The number of nitrogens with zero attached hydrogens (tertiary/aromatic N) is 2. The summed E-state index contributed by atoms with van der Waals surface area (Å²) in [5, 5.41) is 0. The van der Waals surface area contributed by atoms with Gasteiger partial charge < -0.3 is 9.80 Å². The summed E-state index contributed by atoms with van der Waals surface area (Å²) in [7, 11) is 0. The number of hydrogen-bond acceptors (Lipinski definition) is 2. The normalized spacial score (nSPS) is 19.2. The molecule has 17 heavy (non-hydrogen) atoms. The van der Waals surface area contributed by atoms with Gasteiger partial charge in [0.15, 0.2) is 0 Å². The molecule has 1 aliphatic heterocycles. The van der Waals surface area contributed by atoms with Crippen molar-refractivity contribution in [1.29, 1.82) is 0 Å². The third-order valence-corrected chi connectivity index (χ3v) is 2.86. The van der Waals surface area contributed by atoms with Crippen molar-refractivity contribution in [2.24, 2.45) is 0 Å². The second-order valence-corrected chi connectivity index (χ2v) is 4.43. The highest BCUT2D eigenvalue weighted by Gasteiger charge is 2.33. The topological polar surface area (TPSA) is 23.6 Å². The Bertz CT molecular complexity index is 260. The molecule has 1 amide bonds. The summed E-state index contributed by atoms with van der Waals surface area (Å²) in [5.41, 5.74) is 0. The molecule has 0 aromatic carbocycles. The third-order valence-electron chi connectivity index (χ3n) is 2.69. The fourth-order valence-corrected chi connectivity index (χ4v) is 2.09. The fourth-order valence-electron chi connectivity index (χ4n) is 1.85. The van der Waals surface area contributed by atoms with Crippen LogP contribution in [0.2, 0.25) is 0 Å². The van der Waals surface area contributed by atoms with Crippen LogP contribution in [0.1, 0.15) is 12.8 Å². The van der Waals surface area contributed by atoms with Crippen molar-refractivity contribution in [3.63, 3.8) is 0 Å². The average molecular weight is 273 g/mol. The summed E-state index contributed by atoms with van der Waals surface area (Å²) in [5.74, 6) is -0.332. The van der Waals surface area contributed by atoms with Gasteiger partial charge in [-0.1, -0.05) is 0 Å². The van der Waals surface area contributed by atoms with Crippen LogP contribution in [0.15, 0.2) is 0 Å². The number of halogens is 4. The molecule has 0 aromatic rings. The summed E-state index contributed by atoms with van der Waals surface area (Å²) < 4.78 is 36.3. The molecule has 0 spiro atoms. The molecule has 0 saturated carbocycles. The first-order valence-corrected chi connectivity index (χ1v) is 6.08. The molecule has 100 valence electrons. The van der Waals surface area contributed by atoms with E-state index in [-0.39, 0.29) is 0 Å². The molecule has 1 heterocycles. The van der Waals surface area contributed by atoms with Crippen molar-refractivity contribution in [2.75, 3.05) is 38.6 Å². The second kappa shape index (κ2) is 6.44. The molecule has 1 rings (SSSR count). The molecular weight excluding hydrogens is 257 g/mol. The minimum Gasteiger partial charge on any atom is -0.341 e. The lowest BCUT2D eigenvalue weighted by Gasteiger charge is -2.22. The summed E-state index contributed by atoms with van der Waals surface area (Å²) in [6.45, 7) is 2.83. The first-order chi connectivity index (χ1) is 7.92. The van der Waals surface area contributed by atoms with Gasteiger partial charge in [0.05, 0.1) is 0 Å². The largest absolute Gasteiger partial charge is 0.397 e. The van der Waals surface area contributed by atoms with E-state index in [9.17, 15) is 18.0 Å². The van der Waals surface area contributed by atoms with Gasteiger partial charge in [0.1, 0.15) is 6.42 Å². The van der Waals surface area contributed by atoms with Gasteiger partial charge in [-0.05, 0) is 13.0 Å². The Morgan fingerprint density at radius 1 is 1.18 bits per heavy atom. The molecular formula is C10H16ClF3N2O. The molecule has 1 aliphatic rings. The van der Waals surface area contributed by atoms with E-state index in [4.69, 9.17) is 11.6 Å². The van der Waals surface area contributed by atoms with Crippen LogP contribution in [-0.4, -0.2) is 60.5 Å². The van der Waals surface area contributed by atoms with Crippen molar-refractivity contribution >= 4 is 17.5 Å². The Hall–Kier alpha value is -0.490. The van der Waals surface area contributed by atoms with Gasteiger partial charge in [-0.2, -0.15) is 13.2 Å². The Morgan fingerprint density at radius 3 is 2.47 bits per heavy atom. The van der Waals surface area contributed by atoms with Gasteiger partial charge in [0.2, 0.25) is 5.91 Å². The number of hydrogen-bond donors (Lipinski definition) is 0. The van der Waals surface area contributed by atoms with Crippen molar-refractivity contribution in [3.05, 3.63) is 0 Å². The van der Waals surface area contributed by atoms with Gasteiger partial charge in [-0.15, -0.1) is 11.6 Å². The highest BCUT2D eigenvalue weighted by Crippen LogP contribution is 2.21. The van der Waals surface area contributed by atoms with Crippen molar-refractivity contribution in [2.45, 2.75) is 19.0 Å². The van der Waals surface area contributed by atoms with Crippen molar-refractivity contribution < 1.29 is 18.0 Å². The number of carbonyl (C=O) groups excluding carboxylic acids is 1. The summed E-state index contributed by atoms with van der Waals surface area (Å²) >= 11 is 5.60. The summed E-state index contributed by atoms with van der Waals surface area (Å²) in [6.07, 6.45) is -5.08. The van der Waals surface area contributed by atoms with E-state index < -0.39 is 18.5 Å². The fraction of sp³-hybridized carbons (Fsp3) is 0.900. The predicted octanol–water partition coefficient (Wildman–Crippen LogP) is 1.71. The van der Waals surface area contributed by atoms with E-state index in [1.54, 1.807) is 0 Å². The van der Waals surface area contributed by atoms with Crippen LogP contribution in [0, 0.1) is 0 Å². The summed E-state index contributed by atoms with van der Waals surface area (Å²) in [4.78, 5) is 14.7. The van der Waals surface area contributed by atoms with E-state index in [1.165, 1.54) is 4.90 Å². The highest BCUT2D eigenvalue weighted by atomic mass is 35.5. The molecule has 0 unspecified atom stereocenters. The maximum atomic E-state index is 12.1. The summed E-state index contributed by atoms with van der Waals surface area (Å²) in [6, 6.07) is 0. The van der Waals surface area contributed by atoms with Gasteiger partial charge >= 0.3 is 6.18 Å². The lowest BCUT2D eigenvalue weighted by molar-refractivity contribution is -0.161.